The molecule has 126 valence electrons. The molecular formula is C18H25FN2O2. The van der Waals surface area contributed by atoms with Gasteiger partial charge in [0.2, 0.25) is 6.36 Å². The number of ether oxygens (including phenoxy) is 1. The van der Waals surface area contributed by atoms with E-state index in [4.69, 9.17) is 4.74 Å². The van der Waals surface area contributed by atoms with Gasteiger partial charge in [0.25, 0.3) is 5.91 Å². The van der Waals surface area contributed by atoms with E-state index in [2.05, 4.69) is 5.32 Å². The number of carbonyl (C=O) groups is 1. The van der Waals surface area contributed by atoms with Gasteiger partial charge in [-0.3, -0.25) is 4.79 Å². The molecule has 5 heteroatoms. The van der Waals surface area contributed by atoms with E-state index in [9.17, 15) is 9.18 Å². The van der Waals surface area contributed by atoms with Crippen molar-refractivity contribution in [3.63, 3.8) is 0 Å². The van der Waals surface area contributed by atoms with Crippen LogP contribution in [0.3, 0.4) is 0 Å². The van der Waals surface area contributed by atoms with Crippen LogP contribution in [0.1, 0.15) is 41.3 Å². The first-order valence-corrected chi connectivity index (χ1v) is 8.40. The molecule has 0 radical (unpaired) electrons. The van der Waals surface area contributed by atoms with Gasteiger partial charge in [-0.2, -0.15) is 0 Å². The first kappa shape index (κ1) is 16.2. The standard InChI is InChI=1S/C18H25FN2O2/c1-11-8-15(9-17(12(11)2)23-13(3)19)18(22)21-7-5-14-4-6-20-16(14)10-21/h8-9,13-14,16,20H,4-7,10H2,1-3H3/t13?,14-,16+/m0/s1. The number of hydrogen-bond donors (Lipinski definition) is 1. The fourth-order valence-electron chi connectivity index (χ4n) is 3.65. The Morgan fingerprint density at radius 1 is 1.39 bits per heavy atom. The van der Waals surface area contributed by atoms with Crippen molar-refractivity contribution in [2.45, 2.75) is 46.0 Å². The maximum atomic E-state index is 13.2. The zero-order valence-electron chi connectivity index (χ0n) is 14.1. The quantitative estimate of drug-likeness (QED) is 0.931. The summed E-state index contributed by atoms with van der Waals surface area (Å²) in [6, 6.07) is 3.97. The minimum atomic E-state index is -1.39. The van der Waals surface area contributed by atoms with Crippen LogP contribution in [0.15, 0.2) is 12.1 Å². The molecule has 1 unspecified atom stereocenters. The van der Waals surface area contributed by atoms with E-state index in [-0.39, 0.29) is 5.91 Å². The summed E-state index contributed by atoms with van der Waals surface area (Å²) in [4.78, 5) is 14.7. The molecule has 0 saturated carbocycles. The van der Waals surface area contributed by atoms with E-state index in [1.807, 2.05) is 24.8 Å². The molecular weight excluding hydrogens is 295 g/mol. The van der Waals surface area contributed by atoms with Gasteiger partial charge in [0, 0.05) is 31.6 Å². The lowest BCUT2D eigenvalue weighted by Gasteiger charge is -2.35. The second-order valence-corrected chi connectivity index (χ2v) is 6.73. The molecule has 1 amide bonds. The van der Waals surface area contributed by atoms with Crippen LogP contribution in [-0.2, 0) is 0 Å². The summed E-state index contributed by atoms with van der Waals surface area (Å²) < 4.78 is 18.4. The highest BCUT2D eigenvalue weighted by Crippen LogP contribution is 2.29. The second kappa shape index (κ2) is 6.48. The Balaban J connectivity index is 1.80. The first-order chi connectivity index (χ1) is 11.0. The first-order valence-electron chi connectivity index (χ1n) is 8.40. The number of likely N-dealkylation sites (tertiary alicyclic amines) is 1. The van der Waals surface area contributed by atoms with Crippen LogP contribution in [0.4, 0.5) is 4.39 Å². The number of fused-ring (bicyclic) bond motifs is 1. The molecule has 2 saturated heterocycles. The molecule has 2 fully saturated rings. The lowest BCUT2D eigenvalue weighted by Crippen LogP contribution is -2.48. The number of carbonyl (C=O) groups excluding carboxylic acids is 1. The van der Waals surface area contributed by atoms with E-state index in [0.29, 0.717) is 23.3 Å². The Hall–Kier alpha value is -1.62. The molecule has 1 N–H and O–H groups in total. The predicted molar refractivity (Wildman–Crippen MR) is 87.5 cm³/mol. The molecule has 2 aliphatic rings. The van der Waals surface area contributed by atoms with Crippen molar-refractivity contribution in [2.24, 2.45) is 5.92 Å². The number of benzene rings is 1. The van der Waals surface area contributed by atoms with Gasteiger partial charge in [0.05, 0.1) is 0 Å². The van der Waals surface area contributed by atoms with E-state index in [0.717, 1.165) is 37.2 Å². The van der Waals surface area contributed by atoms with Gasteiger partial charge in [0.1, 0.15) is 5.75 Å². The number of aryl methyl sites for hydroxylation is 1. The topological polar surface area (TPSA) is 41.6 Å². The highest BCUT2D eigenvalue weighted by molar-refractivity contribution is 5.95. The number of nitrogens with zero attached hydrogens (tertiary/aromatic N) is 1. The van der Waals surface area contributed by atoms with Crippen molar-refractivity contribution >= 4 is 5.91 Å². The smallest absolute Gasteiger partial charge is 0.254 e. The molecule has 3 rings (SSSR count). The molecule has 1 aromatic rings. The van der Waals surface area contributed by atoms with Crippen LogP contribution in [0.2, 0.25) is 0 Å². The minimum Gasteiger partial charge on any atom is -0.460 e. The van der Waals surface area contributed by atoms with Crippen LogP contribution < -0.4 is 10.1 Å². The highest BCUT2D eigenvalue weighted by Gasteiger charge is 2.34. The van der Waals surface area contributed by atoms with E-state index < -0.39 is 6.36 Å². The molecule has 4 nitrogen and oxygen atoms in total. The normalized spacial score (nSPS) is 25.1. The number of amides is 1. The summed E-state index contributed by atoms with van der Waals surface area (Å²) in [5, 5.41) is 3.48. The lowest BCUT2D eigenvalue weighted by molar-refractivity contribution is 0.0663. The van der Waals surface area contributed by atoms with Crippen molar-refractivity contribution in [2.75, 3.05) is 19.6 Å². The van der Waals surface area contributed by atoms with Crippen LogP contribution >= 0.6 is 0 Å². The summed E-state index contributed by atoms with van der Waals surface area (Å²) in [5.41, 5.74) is 2.41. The fraction of sp³-hybridized carbons (Fsp3) is 0.611. The van der Waals surface area contributed by atoms with Gasteiger partial charge in [-0.1, -0.05) is 0 Å². The van der Waals surface area contributed by atoms with Gasteiger partial charge in [-0.05, 0) is 62.4 Å². The van der Waals surface area contributed by atoms with E-state index in [1.165, 1.54) is 13.3 Å². The Morgan fingerprint density at radius 2 is 2.17 bits per heavy atom. The van der Waals surface area contributed by atoms with Crippen molar-refractivity contribution in [1.29, 1.82) is 0 Å². The Morgan fingerprint density at radius 3 is 2.91 bits per heavy atom. The molecule has 0 bridgehead atoms. The van der Waals surface area contributed by atoms with Gasteiger partial charge < -0.3 is 15.0 Å². The summed E-state index contributed by atoms with van der Waals surface area (Å²) >= 11 is 0. The Labute approximate surface area is 137 Å². The van der Waals surface area contributed by atoms with Crippen molar-refractivity contribution in [1.82, 2.24) is 10.2 Å². The van der Waals surface area contributed by atoms with Crippen LogP contribution in [-0.4, -0.2) is 42.8 Å². The monoisotopic (exact) mass is 320 g/mol. The fourth-order valence-corrected chi connectivity index (χ4v) is 3.65. The van der Waals surface area contributed by atoms with Crippen molar-refractivity contribution in [3.8, 4) is 5.75 Å². The van der Waals surface area contributed by atoms with E-state index in [1.54, 1.807) is 6.07 Å². The predicted octanol–water partition coefficient (Wildman–Crippen LogP) is 2.82. The SMILES string of the molecule is Cc1cc(C(=O)N2CC[C@@H]3CCN[C@@H]3C2)cc(OC(C)F)c1C. The third-order valence-electron chi connectivity index (χ3n) is 5.12. The molecule has 3 atom stereocenters. The average molecular weight is 320 g/mol. The maximum Gasteiger partial charge on any atom is 0.254 e. The number of alkyl halides is 1. The minimum absolute atomic E-state index is 0.0108. The van der Waals surface area contributed by atoms with Crippen molar-refractivity contribution in [3.05, 3.63) is 28.8 Å². The number of hydrogen-bond acceptors (Lipinski definition) is 3. The van der Waals surface area contributed by atoms with Gasteiger partial charge >= 0.3 is 0 Å². The van der Waals surface area contributed by atoms with Crippen molar-refractivity contribution < 1.29 is 13.9 Å². The molecule has 2 heterocycles. The summed E-state index contributed by atoms with van der Waals surface area (Å²) in [6.07, 6.45) is 0.874. The molecule has 23 heavy (non-hydrogen) atoms. The summed E-state index contributed by atoms with van der Waals surface area (Å²) in [7, 11) is 0. The third kappa shape index (κ3) is 3.34. The Bertz CT molecular complexity index is 603. The van der Waals surface area contributed by atoms with Crippen LogP contribution in [0.5, 0.6) is 5.75 Å². The van der Waals surface area contributed by atoms with Gasteiger partial charge in [-0.25, -0.2) is 4.39 Å². The number of piperidine rings is 1. The molecule has 0 aromatic heterocycles. The zero-order valence-corrected chi connectivity index (χ0v) is 14.1. The second-order valence-electron chi connectivity index (χ2n) is 6.73. The van der Waals surface area contributed by atoms with Crippen LogP contribution in [0, 0.1) is 19.8 Å². The number of nitrogens with one attached hydrogen (secondary N) is 1. The number of halogens is 1. The van der Waals surface area contributed by atoms with Crippen LogP contribution in [0.25, 0.3) is 0 Å². The Kier molecular flexibility index (Phi) is 4.57. The molecule has 2 aliphatic heterocycles. The largest absolute Gasteiger partial charge is 0.460 e. The third-order valence-corrected chi connectivity index (χ3v) is 5.12. The zero-order chi connectivity index (χ0) is 16.6. The summed E-state index contributed by atoms with van der Waals surface area (Å²) in [5.74, 6) is 1.17. The van der Waals surface area contributed by atoms with E-state index >= 15 is 0 Å². The maximum absolute atomic E-state index is 13.2. The highest BCUT2D eigenvalue weighted by atomic mass is 19.1. The number of rotatable bonds is 3. The van der Waals surface area contributed by atoms with Gasteiger partial charge in [0.15, 0.2) is 0 Å². The van der Waals surface area contributed by atoms with Gasteiger partial charge in [-0.15, -0.1) is 0 Å². The summed E-state index contributed by atoms with van der Waals surface area (Å²) in [6.45, 7) is 7.76. The average Bonchev–Trinajstić information content (AvgIpc) is 2.97. The molecule has 0 aliphatic carbocycles. The molecule has 1 aromatic carbocycles. The lowest BCUT2D eigenvalue weighted by atomic mass is 9.92. The molecule has 0 spiro atoms.